The van der Waals surface area contributed by atoms with Gasteiger partial charge < -0.3 is 18.9 Å². The van der Waals surface area contributed by atoms with Crippen molar-refractivity contribution < 1.29 is 14.1 Å². The molecule has 9 nitrogen and oxygen atoms in total. The predicted octanol–water partition coefficient (Wildman–Crippen LogP) is 1.38. The van der Waals surface area contributed by atoms with Crippen molar-refractivity contribution in [3.63, 3.8) is 0 Å². The molecule has 2 aliphatic rings. The normalized spacial score (nSPS) is 19.6. The molecule has 1 aliphatic heterocycles. The van der Waals surface area contributed by atoms with Crippen LogP contribution in [0.15, 0.2) is 17.0 Å². The number of amides is 2. The number of nitrogens with zero attached hydrogens (tertiary/aromatic N) is 6. The lowest BCUT2D eigenvalue weighted by atomic mass is 9.85. The largest absolute Gasteiger partial charge is 0.340 e. The third-order valence-electron chi connectivity index (χ3n) is 5.73. The first-order valence-corrected chi connectivity index (χ1v) is 9.88. The number of aromatic nitrogens is 4. The van der Waals surface area contributed by atoms with Crippen LogP contribution in [-0.4, -0.2) is 67.0 Å². The molecule has 2 fully saturated rings. The van der Waals surface area contributed by atoms with E-state index < -0.39 is 0 Å². The van der Waals surface area contributed by atoms with Crippen molar-refractivity contribution in [2.75, 3.05) is 19.6 Å². The van der Waals surface area contributed by atoms with Gasteiger partial charge in [0.15, 0.2) is 5.82 Å². The Morgan fingerprint density at radius 2 is 2.14 bits per heavy atom. The van der Waals surface area contributed by atoms with Gasteiger partial charge in [0.2, 0.25) is 11.8 Å². The quantitative estimate of drug-likeness (QED) is 0.744. The lowest BCUT2D eigenvalue weighted by Gasteiger charge is -2.27. The molecule has 2 aromatic heterocycles. The molecule has 1 atom stereocenters. The van der Waals surface area contributed by atoms with Crippen LogP contribution >= 0.6 is 0 Å². The maximum atomic E-state index is 12.6. The van der Waals surface area contributed by atoms with E-state index in [1.807, 2.05) is 11.9 Å². The number of carbonyl (C=O) groups is 2. The van der Waals surface area contributed by atoms with Crippen molar-refractivity contribution >= 4 is 11.8 Å². The molecule has 150 valence electrons. The summed E-state index contributed by atoms with van der Waals surface area (Å²) in [6, 6.07) is 0.00293. The summed E-state index contributed by atoms with van der Waals surface area (Å²) in [7, 11) is 1.84. The van der Waals surface area contributed by atoms with Gasteiger partial charge >= 0.3 is 0 Å². The Bertz CT molecular complexity index is 855. The van der Waals surface area contributed by atoms with Gasteiger partial charge in [0.1, 0.15) is 5.69 Å². The van der Waals surface area contributed by atoms with Crippen molar-refractivity contribution in [2.45, 2.75) is 51.0 Å². The van der Waals surface area contributed by atoms with Gasteiger partial charge in [-0.3, -0.25) is 9.59 Å². The predicted molar refractivity (Wildman–Crippen MR) is 99.5 cm³/mol. The van der Waals surface area contributed by atoms with Crippen LogP contribution in [0.5, 0.6) is 0 Å². The van der Waals surface area contributed by atoms with Crippen molar-refractivity contribution in [1.82, 2.24) is 29.5 Å². The maximum Gasteiger partial charge on any atom is 0.274 e. The topological polar surface area (TPSA) is 97.4 Å². The third kappa shape index (κ3) is 3.79. The fourth-order valence-corrected chi connectivity index (χ4v) is 3.87. The maximum absolute atomic E-state index is 12.6. The summed E-state index contributed by atoms with van der Waals surface area (Å²) < 4.78 is 7.12. The third-order valence-corrected chi connectivity index (χ3v) is 5.73. The van der Waals surface area contributed by atoms with E-state index in [2.05, 4.69) is 15.1 Å². The first-order valence-electron chi connectivity index (χ1n) is 9.88. The van der Waals surface area contributed by atoms with Crippen molar-refractivity contribution in [2.24, 2.45) is 7.05 Å². The fourth-order valence-electron chi connectivity index (χ4n) is 3.87. The zero-order valence-corrected chi connectivity index (χ0v) is 16.4. The summed E-state index contributed by atoms with van der Waals surface area (Å²) >= 11 is 0. The van der Waals surface area contributed by atoms with Gasteiger partial charge in [0, 0.05) is 52.1 Å². The Kier molecular flexibility index (Phi) is 5.15. The molecule has 1 unspecified atom stereocenters. The van der Waals surface area contributed by atoms with E-state index >= 15 is 0 Å². The molecule has 0 spiro atoms. The number of hydrogen-bond acceptors (Lipinski definition) is 6. The highest BCUT2D eigenvalue weighted by atomic mass is 16.5. The first-order chi connectivity index (χ1) is 13.5. The molecule has 1 aliphatic carbocycles. The second-order valence-electron chi connectivity index (χ2n) is 7.76. The van der Waals surface area contributed by atoms with Gasteiger partial charge in [-0.1, -0.05) is 11.6 Å². The minimum absolute atomic E-state index is 0.000142. The van der Waals surface area contributed by atoms with E-state index in [-0.39, 0.29) is 17.9 Å². The fraction of sp³-hybridized carbons (Fsp3) is 0.632. The zero-order valence-electron chi connectivity index (χ0n) is 16.4. The van der Waals surface area contributed by atoms with Gasteiger partial charge in [-0.25, -0.2) is 4.98 Å². The van der Waals surface area contributed by atoms with Crippen molar-refractivity contribution in [1.29, 1.82) is 0 Å². The summed E-state index contributed by atoms with van der Waals surface area (Å²) in [6.07, 6.45) is 8.10. The smallest absolute Gasteiger partial charge is 0.274 e. The number of likely N-dealkylation sites (tertiary alicyclic amines) is 1. The van der Waals surface area contributed by atoms with Crippen LogP contribution in [0.3, 0.4) is 0 Å². The van der Waals surface area contributed by atoms with Crippen LogP contribution in [0.4, 0.5) is 0 Å². The Morgan fingerprint density at radius 1 is 1.32 bits per heavy atom. The Hall–Kier alpha value is -2.71. The second-order valence-corrected chi connectivity index (χ2v) is 7.76. The highest BCUT2D eigenvalue weighted by Crippen LogP contribution is 2.35. The highest BCUT2D eigenvalue weighted by Gasteiger charge is 2.33. The van der Waals surface area contributed by atoms with E-state index in [0.29, 0.717) is 43.5 Å². The second kappa shape index (κ2) is 7.73. The van der Waals surface area contributed by atoms with Gasteiger partial charge in [-0.05, 0) is 19.3 Å². The highest BCUT2D eigenvalue weighted by molar-refractivity contribution is 5.92. The molecule has 9 heteroatoms. The molecule has 0 radical (unpaired) electrons. The molecule has 4 rings (SSSR count). The molecule has 0 N–H and O–H groups in total. The molecular formula is C19H26N6O3. The zero-order chi connectivity index (χ0) is 19.7. The van der Waals surface area contributed by atoms with Gasteiger partial charge in [-0.15, -0.1) is 0 Å². The van der Waals surface area contributed by atoms with Crippen LogP contribution in [0.1, 0.15) is 60.7 Å². The van der Waals surface area contributed by atoms with Crippen molar-refractivity contribution in [3.8, 4) is 0 Å². The van der Waals surface area contributed by atoms with Crippen LogP contribution in [0.25, 0.3) is 0 Å². The average Bonchev–Trinajstić information content (AvgIpc) is 3.34. The number of imidazole rings is 1. The Morgan fingerprint density at radius 3 is 2.79 bits per heavy atom. The first kappa shape index (κ1) is 18.6. The summed E-state index contributed by atoms with van der Waals surface area (Å²) in [5.41, 5.74) is 0.438. The average molecular weight is 386 g/mol. The van der Waals surface area contributed by atoms with Crippen LogP contribution in [0.2, 0.25) is 0 Å². The molecule has 0 aromatic carbocycles. The molecule has 2 amide bonds. The Labute approximate surface area is 163 Å². The summed E-state index contributed by atoms with van der Waals surface area (Å²) in [5, 5.41) is 4.06. The Balaban J connectivity index is 1.34. The summed E-state index contributed by atoms with van der Waals surface area (Å²) in [4.78, 5) is 37.0. The number of rotatable bonds is 6. The monoisotopic (exact) mass is 386 g/mol. The summed E-state index contributed by atoms with van der Waals surface area (Å²) in [6.45, 7) is 3.24. The molecule has 1 saturated heterocycles. The van der Waals surface area contributed by atoms with Gasteiger partial charge in [0.25, 0.3) is 5.91 Å². The van der Waals surface area contributed by atoms with E-state index in [9.17, 15) is 9.59 Å². The van der Waals surface area contributed by atoms with E-state index in [1.54, 1.807) is 28.9 Å². The molecule has 3 heterocycles. The number of aryl methyl sites for hydroxylation is 1. The minimum atomic E-state index is -0.0880. The summed E-state index contributed by atoms with van der Waals surface area (Å²) in [5.74, 6) is 1.69. The minimum Gasteiger partial charge on any atom is -0.340 e. The van der Waals surface area contributed by atoms with Crippen molar-refractivity contribution in [3.05, 3.63) is 29.9 Å². The number of hydrogen-bond donors (Lipinski definition) is 0. The van der Waals surface area contributed by atoms with E-state index in [1.165, 1.54) is 6.42 Å². The molecule has 0 bridgehead atoms. The van der Waals surface area contributed by atoms with Gasteiger partial charge in [-0.2, -0.15) is 4.98 Å². The molecular weight excluding hydrogens is 360 g/mol. The SMILES string of the molecule is CC(=O)N(CCc1noc(C2CCC2)n1)C1CCN(C(=O)c2cn(C)cn2)C1. The van der Waals surface area contributed by atoms with Gasteiger partial charge in [0.05, 0.1) is 12.4 Å². The lowest BCUT2D eigenvalue weighted by molar-refractivity contribution is -0.130. The van der Waals surface area contributed by atoms with E-state index in [4.69, 9.17) is 4.52 Å². The number of carbonyl (C=O) groups excluding carboxylic acids is 2. The van der Waals surface area contributed by atoms with E-state index in [0.717, 1.165) is 25.2 Å². The molecule has 28 heavy (non-hydrogen) atoms. The van der Waals surface area contributed by atoms with Crippen LogP contribution < -0.4 is 0 Å². The van der Waals surface area contributed by atoms with Crippen LogP contribution in [-0.2, 0) is 18.3 Å². The molecule has 2 aromatic rings. The molecule has 1 saturated carbocycles. The standard InChI is InChI=1S/C19H26N6O3/c1-13(26)25(9-7-17-21-18(28-22-17)14-4-3-5-14)15-6-8-24(10-15)19(27)16-11-23(2)12-20-16/h11-12,14-15H,3-10H2,1-2H3. The lowest BCUT2D eigenvalue weighted by Crippen LogP contribution is -2.42. The van der Waals surface area contributed by atoms with Crippen LogP contribution in [0, 0.1) is 0 Å².